The van der Waals surface area contributed by atoms with Crippen molar-refractivity contribution in [2.24, 2.45) is 0 Å². The lowest BCUT2D eigenvalue weighted by molar-refractivity contribution is -0.129. The molecule has 0 heterocycles. The third-order valence-electron chi connectivity index (χ3n) is 2.67. The molecular formula is C12H25NO2. The Morgan fingerprint density at radius 1 is 1.27 bits per heavy atom. The Labute approximate surface area is 93.7 Å². The quantitative estimate of drug-likeness (QED) is 0.711. The summed E-state index contributed by atoms with van der Waals surface area (Å²) in [5, 5.41) is 16.0. The Morgan fingerprint density at radius 3 is 1.67 bits per heavy atom. The van der Waals surface area contributed by atoms with Gasteiger partial charge in [0.05, 0.1) is 11.2 Å². The van der Waals surface area contributed by atoms with Crippen LogP contribution in [0, 0.1) is 5.41 Å². The van der Waals surface area contributed by atoms with Crippen molar-refractivity contribution >= 4 is 6.21 Å². The van der Waals surface area contributed by atoms with E-state index in [-0.39, 0.29) is 0 Å². The van der Waals surface area contributed by atoms with Gasteiger partial charge in [-0.25, -0.2) is 0 Å². The highest BCUT2D eigenvalue weighted by atomic mass is 16.5. The van der Waals surface area contributed by atoms with E-state index >= 15 is 0 Å². The average molecular weight is 215 g/mol. The highest BCUT2D eigenvalue weighted by molar-refractivity contribution is 5.74. The molecule has 3 heteroatoms. The molecule has 0 spiro atoms. The maximum absolute atomic E-state index is 9.42. The smallest absolute Gasteiger partial charge is 0.0902 e. The summed E-state index contributed by atoms with van der Waals surface area (Å²) in [4.78, 5) is 0. The van der Waals surface area contributed by atoms with Gasteiger partial charge in [0.15, 0.2) is 0 Å². The molecular weight excluding hydrogens is 190 g/mol. The fourth-order valence-electron chi connectivity index (χ4n) is 0.333. The Kier molecular flexibility index (Phi) is 7.53. The van der Waals surface area contributed by atoms with Crippen LogP contribution in [0.1, 0.15) is 41.5 Å². The fraction of sp³-hybridized carbons (Fsp3) is 0.750. The number of hydrogen-bond acceptors (Lipinski definition) is 3. The molecule has 0 aliphatic rings. The van der Waals surface area contributed by atoms with Crippen molar-refractivity contribution in [3.8, 4) is 0 Å². The Hall–Kier alpha value is -0.670. The van der Waals surface area contributed by atoms with Crippen molar-refractivity contribution in [3.05, 3.63) is 11.6 Å². The molecule has 0 aliphatic heterocycles. The second-order valence-corrected chi connectivity index (χ2v) is 4.45. The molecule has 0 unspecified atom stereocenters. The molecule has 0 radical (unpaired) electrons. The van der Waals surface area contributed by atoms with Gasteiger partial charge in [0, 0.05) is 13.3 Å². The van der Waals surface area contributed by atoms with E-state index in [2.05, 4.69) is 0 Å². The molecule has 0 saturated carbocycles. The molecule has 0 atom stereocenters. The van der Waals surface area contributed by atoms with E-state index in [4.69, 9.17) is 10.1 Å². The van der Waals surface area contributed by atoms with Crippen LogP contribution in [0.15, 0.2) is 11.6 Å². The van der Waals surface area contributed by atoms with Gasteiger partial charge in [-0.15, -0.1) is 0 Å². The number of hydrogen-bond donors (Lipinski definition) is 2. The minimum Gasteiger partial charge on any atom is -0.387 e. The lowest BCUT2D eigenvalue weighted by Gasteiger charge is -2.35. The van der Waals surface area contributed by atoms with Crippen LogP contribution in [0.25, 0.3) is 0 Å². The summed E-state index contributed by atoms with van der Waals surface area (Å²) < 4.78 is 5.05. The summed E-state index contributed by atoms with van der Waals surface area (Å²) in [6, 6.07) is 0. The molecule has 0 saturated heterocycles. The molecule has 90 valence electrons. The van der Waals surface area contributed by atoms with Gasteiger partial charge in [-0.2, -0.15) is 0 Å². The second-order valence-electron chi connectivity index (χ2n) is 4.45. The molecule has 0 aromatic heterocycles. The molecule has 0 amide bonds. The maximum Gasteiger partial charge on any atom is 0.0902 e. The summed E-state index contributed by atoms with van der Waals surface area (Å²) in [5.41, 5.74) is -0.232. The number of rotatable bonds is 3. The number of ether oxygens (including phenoxy) is 1. The van der Waals surface area contributed by atoms with Crippen LogP contribution in [-0.2, 0) is 4.74 Å². The van der Waals surface area contributed by atoms with Crippen molar-refractivity contribution < 1.29 is 9.84 Å². The summed E-state index contributed by atoms with van der Waals surface area (Å²) >= 11 is 0. The first-order valence-corrected chi connectivity index (χ1v) is 5.03. The number of methoxy groups -OCH3 is 1. The van der Waals surface area contributed by atoms with Crippen molar-refractivity contribution in [3.63, 3.8) is 0 Å². The Morgan fingerprint density at radius 2 is 1.67 bits per heavy atom. The SMILES string of the molecule is C/C=C(/C)C=N.COC(C)(C)C(C)(C)O. The monoisotopic (exact) mass is 215 g/mol. The Balaban J connectivity index is 0. The lowest BCUT2D eigenvalue weighted by Crippen LogP contribution is -2.46. The van der Waals surface area contributed by atoms with Gasteiger partial charge < -0.3 is 15.3 Å². The molecule has 0 fully saturated rings. The van der Waals surface area contributed by atoms with Crippen molar-refractivity contribution in [2.45, 2.75) is 52.7 Å². The van der Waals surface area contributed by atoms with Gasteiger partial charge in [0.2, 0.25) is 0 Å². The Bertz CT molecular complexity index is 212. The van der Waals surface area contributed by atoms with Crippen LogP contribution in [0.2, 0.25) is 0 Å². The minimum absolute atomic E-state index is 0.465. The number of allylic oxidation sites excluding steroid dienone is 2. The molecule has 0 bridgehead atoms. The molecule has 0 rings (SSSR count). The van der Waals surface area contributed by atoms with E-state index in [1.807, 2.05) is 33.8 Å². The van der Waals surface area contributed by atoms with Gasteiger partial charge in [0.1, 0.15) is 0 Å². The van der Waals surface area contributed by atoms with Crippen LogP contribution in [0.4, 0.5) is 0 Å². The van der Waals surface area contributed by atoms with Gasteiger partial charge >= 0.3 is 0 Å². The zero-order valence-electron chi connectivity index (χ0n) is 11.0. The first-order valence-electron chi connectivity index (χ1n) is 5.03. The van der Waals surface area contributed by atoms with Crippen LogP contribution in [0.3, 0.4) is 0 Å². The van der Waals surface area contributed by atoms with Crippen molar-refractivity contribution in [1.82, 2.24) is 0 Å². The van der Waals surface area contributed by atoms with Crippen molar-refractivity contribution in [2.75, 3.05) is 7.11 Å². The summed E-state index contributed by atoms with van der Waals surface area (Å²) in [5.74, 6) is 0. The van der Waals surface area contributed by atoms with E-state index in [1.54, 1.807) is 21.0 Å². The van der Waals surface area contributed by atoms with Crippen LogP contribution < -0.4 is 0 Å². The summed E-state index contributed by atoms with van der Waals surface area (Å²) in [6.45, 7) is 11.0. The number of aliphatic hydroxyl groups is 1. The summed E-state index contributed by atoms with van der Waals surface area (Å²) in [6.07, 6.45) is 3.23. The third-order valence-corrected chi connectivity index (χ3v) is 2.67. The summed E-state index contributed by atoms with van der Waals surface area (Å²) in [7, 11) is 1.60. The fourth-order valence-corrected chi connectivity index (χ4v) is 0.333. The molecule has 0 aromatic rings. The van der Waals surface area contributed by atoms with E-state index in [0.717, 1.165) is 5.57 Å². The largest absolute Gasteiger partial charge is 0.387 e. The van der Waals surface area contributed by atoms with Gasteiger partial charge in [-0.05, 0) is 47.1 Å². The van der Waals surface area contributed by atoms with Gasteiger partial charge in [-0.1, -0.05) is 6.08 Å². The standard InChI is InChI=1S/C7H16O2.C5H9N/c1-6(2,8)7(3,4)9-5;1-3-5(2)4-6/h8H,1-5H3;3-4,6H,1-2H3/b;5-3-,6-4?. The molecule has 3 nitrogen and oxygen atoms in total. The van der Waals surface area contributed by atoms with Crippen LogP contribution >= 0.6 is 0 Å². The van der Waals surface area contributed by atoms with Gasteiger partial charge in [-0.3, -0.25) is 0 Å². The van der Waals surface area contributed by atoms with Crippen LogP contribution in [0.5, 0.6) is 0 Å². The highest BCUT2D eigenvalue weighted by Crippen LogP contribution is 2.23. The molecule has 2 N–H and O–H groups in total. The van der Waals surface area contributed by atoms with Crippen molar-refractivity contribution in [1.29, 1.82) is 5.41 Å². The highest BCUT2D eigenvalue weighted by Gasteiger charge is 2.34. The van der Waals surface area contributed by atoms with E-state index in [1.165, 1.54) is 6.21 Å². The average Bonchev–Trinajstić information content (AvgIpc) is 2.15. The van der Waals surface area contributed by atoms with E-state index in [0.29, 0.717) is 0 Å². The number of nitrogens with one attached hydrogen (secondary N) is 1. The van der Waals surface area contributed by atoms with E-state index in [9.17, 15) is 5.11 Å². The minimum atomic E-state index is -0.776. The lowest BCUT2D eigenvalue weighted by atomic mass is 9.90. The first-order chi connectivity index (χ1) is 6.62. The zero-order valence-corrected chi connectivity index (χ0v) is 11.0. The normalized spacial score (nSPS) is 12.9. The molecule has 0 aliphatic carbocycles. The van der Waals surface area contributed by atoms with Crippen LogP contribution in [-0.4, -0.2) is 29.6 Å². The zero-order chi connectivity index (χ0) is 12.7. The third kappa shape index (κ3) is 7.28. The molecule has 0 aromatic carbocycles. The predicted molar refractivity (Wildman–Crippen MR) is 65.6 cm³/mol. The topological polar surface area (TPSA) is 53.3 Å². The predicted octanol–water partition coefficient (Wildman–Crippen LogP) is 2.78. The first kappa shape index (κ1) is 16.7. The second kappa shape index (κ2) is 6.75. The van der Waals surface area contributed by atoms with E-state index < -0.39 is 11.2 Å². The molecule has 15 heavy (non-hydrogen) atoms. The maximum atomic E-state index is 9.42. The van der Waals surface area contributed by atoms with Gasteiger partial charge in [0.25, 0.3) is 0 Å².